The summed E-state index contributed by atoms with van der Waals surface area (Å²) in [6.07, 6.45) is 1.66. The van der Waals surface area contributed by atoms with Crippen LogP contribution in [-0.4, -0.2) is 19.6 Å². The van der Waals surface area contributed by atoms with Gasteiger partial charge in [-0.2, -0.15) is 14.8 Å². The highest BCUT2D eigenvalue weighted by Crippen LogP contribution is 2.21. The van der Waals surface area contributed by atoms with E-state index >= 15 is 0 Å². The number of nitrogens with one attached hydrogen (secondary N) is 1. The van der Waals surface area contributed by atoms with Gasteiger partial charge in [0.05, 0.1) is 5.56 Å². The lowest BCUT2D eigenvalue weighted by Crippen LogP contribution is -1.98. The number of rotatable bonds is 3. The summed E-state index contributed by atoms with van der Waals surface area (Å²) in [5.74, 6) is 0.377. The third kappa shape index (κ3) is 2.77. The third-order valence-corrected chi connectivity index (χ3v) is 3.63. The van der Waals surface area contributed by atoms with Gasteiger partial charge in [-0.25, -0.2) is 9.37 Å². The van der Waals surface area contributed by atoms with E-state index < -0.39 is 5.82 Å². The summed E-state index contributed by atoms with van der Waals surface area (Å²) in [7, 11) is 0. The molecule has 6 nitrogen and oxygen atoms in total. The SMILES string of the molecule is N#Cc1ccc(Nc2nc3ccnc(-c4ccccc4)n3n2)cc1F. The number of hydrogen-bond donors (Lipinski definition) is 1. The fraction of sp³-hybridized carbons (Fsp3) is 0. The van der Waals surface area contributed by atoms with Crippen molar-refractivity contribution in [2.45, 2.75) is 0 Å². The molecule has 0 unspecified atom stereocenters. The van der Waals surface area contributed by atoms with Gasteiger partial charge >= 0.3 is 0 Å². The Kier molecular flexibility index (Phi) is 3.56. The smallest absolute Gasteiger partial charge is 0.247 e. The molecule has 0 bridgehead atoms. The molecule has 0 saturated heterocycles. The Morgan fingerprint density at radius 3 is 2.68 bits per heavy atom. The van der Waals surface area contributed by atoms with Crippen LogP contribution >= 0.6 is 0 Å². The number of nitriles is 1. The molecule has 0 fully saturated rings. The molecule has 0 radical (unpaired) electrons. The Morgan fingerprint density at radius 1 is 1.08 bits per heavy atom. The Bertz CT molecular complexity index is 1100. The molecule has 2 heterocycles. The number of halogens is 1. The highest BCUT2D eigenvalue weighted by Gasteiger charge is 2.11. The first-order valence-corrected chi connectivity index (χ1v) is 7.48. The fourth-order valence-electron chi connectivity index (χ4n) is 2.47. The maximum atomic E-state index is 13.7. The maximum Gasteiger partial charge on any atom is 0.247 e. The number of anilines is 2. The summed E-state index contributed by atoms with van der Waals surface area (Å²) in [6.45, 7) is 0. The van der Waals surface area contributed by atoms with E-state index in [1.165, 1.54) is 12.1 Å². The Balaban J connectivity index is 1.73. The molecule has 120 valence electrons. The van der Waals surface area contributed by atoms with Crippen LogP contribution in [0.25, 0.3) is 17.0 Å². The van der Waals surface area contributed by atoms with Crippen molar-refractivity contribution in [3.63, 3.8) is 0 Å². The van der Waals surface area contributed by atoms with E-state index in [-0.39, 0.29) is 5.56 Å². The predicted octanol–water partition coefficient (Wildman–Crippen LogP) is 3.55. The Hall–Kier alpha value is -3.79. The molecule has 2 aromatic carbocycles. The van der Waals surface area contributed by atoms with Crippen LogP contribution in [0.15, 0.2) is 60.8 Å². The maximum absolute atomic E-state index is 13.7. The van der Waals surface area contributed by atoms with Crippen molar-refractivity contribution in [1.29, 1.82) is 5.26 Å². The zero-order valence-corrected chi connectivity index (χ0v) is 12.9. The second kappa shape index (κ2) is 6.02. The number of benzene rings is 2. The number of nitrogens with zero attached hydrogens (tertiary/aromatic N) is 5. The largest absolute Gasteiger partial charge is 0.323 e. The first-order valence-electron chi connectivity index (χ1n) is 7.48. The average molecular weight is 330 g/mol. The van der Waals surface area contributed by atoms with Crippen LogP contribution < -0.4 is 5.32 Å². The first kappa shape index (κ1) is 14.8. The summed E-state index contributed by atoms with van der Waals surface area (Å²) in [6, 6.07) is 17.4. The molecule has 2 aromatic heterocycles. The Labute approximate surface area is 142 Å². The van der Waals surface area contributed by atoms with Crippen LogP contribution in [0.3, 0.4) is 0 Å². The van der Waals surface area contributed by atoms with Gasteiger partial charge in [0, 0.05) is 23.5 Å². The molecule has 0 amide bonds. The van der Waals surface area contributed by atoms with E-state index in [2.05, 4.69) is 20.4 Å². The quantitative estimate of drug-likeness (QED) is 0.621. The van der Waals surface area contributed by atoms with Gasteiger partial charge in [-0.15, -0.1) is 5.10 Å². The minimum absolute atomic E-state index is 0.0101. The zero-order chi connectivity index (χ0) is 17.2. The number of hydrogen-bond acceptors (Lipinski definition) is 5. The van der Waals surface area contributed by atoms with Crippen LogP contribution in [-0.2, 0) is 0 Å². The molecule has 0 aliphatic rings. The van der Waals surface area contributed by atoms with E-state index in [4.69, 9.17) is 5.26 Å². The molecule has 4 aromatic rings. The summed E-state index contributed by atoms with van der Waals surface area (Å²) >= 11 is 0. The highest BCUT2D eigenvalue weighted by atomic mass is 19.1. The Morgan fingerprint density at radius 2 is 1.92 bits per heavy atom. The van der Waals surface area contributed by atoms with Crippen molar-refractivity contribution < 1.29 is 4.39 Å². The van der Waals surface area contributed by atoms with Crippen molar-refractivity contribution >= 4 is 17.3 Å². The number of fused-ring (bicyclic) bond motifs is 1. The molecule has 4 rings (SSSR count). The van der Waals surface area contributed by atoms with E-state index in [1.807, 2.05) is 30.3 Å². The van der Waals surface area contributed by atoms with Crippen molar-refractivity contribution in [2.75, 3.05) is 5.32 Å². The molecule has 0 saturated carbocycles. The van der Waals surface area contributed by atoms with Gasteiger partial charge in [0.1, 0.15) is 11.9 Å². The normalized spacial score (nSPS) is 10.6. The molecule has 25 heavy (non-hydrogen) atoms. The van der Waals surface area contributed by atoms with Crippen molar-refractivity contribution in [3.8, 4) is 17.5 Å². The van der Waals surface area contributed by atoms with Crippen molar-refractivity contribution in [3.05, 3.63) is 72.2 Å². The second-order valence-electron chi connectivity index (χ2n) is 5.27. The van der Waals surface area contributed by atoms with Crippen LogP contribution in [0.4, 0.5) is 16.0 Å². The van der Waals surface area contributed by atoms with E-state index in [1.54, 1.807) is 28.9 Å². The lowest BCUT2D eigenvalue weighted by molar-refractivity contribution is 0.624. The predicted molar refractivity (Wildman–Crippen MR) is 90.6 cm³/mol. The average Bonchev–Trinajstić information content (AvgIpc) is 3.05. The standard InChI is InChI=1S/C18H11FN6/c19-15-10-14(7-6-13(15)11-20)22-18-23-16-8-9-21-17(25(16)24-18)12-4-2-1-3-5-12/h1-10H,(H,22,24). The van der Waals surface area contributed by atoms with Crippen molar-refractivity contribution in [1.82, 2.24) is 19.6 Å². The topological polar surface area (TPSA) is 78.9 Å². The molecule has 0 spiro atoms. The lowest BCUT2D eigenvalue weighted by atomic mass is 10.2. The first-order chi connectivity index (χ1) is 12.2. The van der Waals surface area contributed by atoms with Gasteiger partial charge in [-0.3, -0.25) is 0 Å². The summed E-state index contributed by atoms with van der Waals surface area (Å²) < 4.78 is 15.3. The lowest BCUT2D eigenvalue weighted by Gasteiger charge is -2.03. The van der Waals surface area contributed by atoms with E-state index in [0.717, 1.165) is 5.56 Å². The zero-order valence-electron chi connectivity index (χ0n) is 12.9. The summed E-state index contributed by atoms with van der Waals surface area (Å²) in [4.78, 5) is 8.75. The number of aromatic nitrogens is 4. The molecule has 0 aliphatic heterocycles. The molecular weight excluding hydrogens is 319 g/mol. The van der Waals surface area contributed by atoms with Crippen molar-refractivity contribution in [2.24, 2.45) is 0 Å². The van der Waals surface area contributed by atoms with Crippen LogP contribution in [0.1, 0.15) is 5.56 Å². The molecular formula is C18H11FN6. The van der Waals surface area contributed by atoms with E-state index in [9.17, 15) is 4.39 Å². The van der Waals surface area contributed by atoms with Gasteiger partial charge in [-0.05, 0) is 18.2 Å². The summed E-state index contributed by atoms with van der Waals surface area (Å²) in [5, 5.41) is 16.1. The van der Waals surface area contributed by atoms with Crippen LogP contribution in [0, 0.1) is 17.1 Å². The van der Waals surface area contributed by atoms with Gasteiger partial charge < -0.3 is 5.32 Å². The minimum atomic E-state index is -0.595. The second-order valence-corrected chi connectivity index (χ2v) is 5.27. The third-order valence-electron chi connectivity index (χ3n) is 3.63. The van der Waals surface area contributed by atoms with Gasteiger partial charge in [0.25, 0.3) is 0 Å². The minimum Gasteiger partial charge on any atom is -0.323 e. The highest BCUT2D eigenvalue weighted by molar-refractivity contribution is 5.61. The fourth-order valence-corrected chi connectivity index (χ4v) is 2.47. The van der Waals surface area contributed by atoms with Gasteiger partial charge in [0.15, 0.2) is 11.5 Å². The molecule has 0 aliphatic carbocycles. The van der Waals surface area contributed by atoms with Gasteiger partial charge in [0.2, 0.25) is 5.95 Å². The van der Waals surface area contributed by atoms with Gasteiger partial charge in [-0.1, -0.05) is 30.3 Å². The molecule has 0 atom stereocenters. The van der Waals surface area contributed by atoms with E-state index in [0.29, 0.717) is 23.1 Å². The monoisotopic (exact) mass is 330 g/mol. The van der Waals surface area contributed by atoms with Crippen LogP contribution in [0.5, 0.6) is 0 Å². The van der Waals surface area contributed by atoms with Crippen LogP contribution in [0.2, 0.25) is 0 Å². The summed E-state index contributed by atoms with van der Waals surface area (Å²) in [5.41, 5.74) is 1.98. The molecule has 1 N–H and O–H groups in total. The molecule has 7 heteroatoms.